The van der Waals surface area contributed by atoms with Gasteiger partial charge in [-0.2, -0.15) is 0 Å². The first-order valence-electron chi connectivity index (χ1n) is 8.83. The molecule has 1 nitrogen and oxygen atoms in total. The molecule has 2 aliphatic rings. The van der Waals surface area contributed by atoms with Gasteiger partial charge in [-0.1, -0.05) is 40.5 Å². The summed E-state index contributed by atoms with van der Waals surface area (Å²) in [5.74, 6) is 4.76. The van der Waals surface area contributed by atoms with Gasteiger partial charge in [0, 0.05) is 6.04 Å². The lowest BCUT2D eigenvalue weighted by molar-refractivity contribution is 0.118. The smallest absolute Gasteiger partial charge is 0.0124 e. The van der Waals surface area contributed by atoms with E-state index in [2.05, 4.69) is 33.0 Å². The van der Waals surface area contributed by atoms with Crippen molar-refractivity contribution in [1.29, 1.82) is 0 Å². The summed E-state index contributed by atoms with van der Waals surface area (Å²) in [6, 6.07) is 0.808. The predicted molar refractivity (Wildman–Crippen MR) is 84.3 cm³/mol. The first-order valence-corrected chi connectivity index (χ1v) is 8.83. The van der Waals surface area contributed by atoms with Crippen LogP contribution < -0.4 is 5.32 Å². The zero-order valence-electron chi connectivity index (χ0n) is 13.6. The van der Waals surface area contributed by atoms with Gasteiger partial charge in [0.2, 0.25) is 0 Å². The molecule has 0 aromatic carbocycles. The van der Waals surface area contributed by atoms with E-state index in [4.69, 9.17) is 0 Å². The van der Waals surface area contributed by atoms with E-state index in [1.54, 1.807) is 0 Å². The lowest BCUT2D eigenvalue weighted by Crippen LogP contribution is -2.45. The maximum Gasteiger partial charge on any atom is 0.0124 e. The summed E-state index contributed by atoms with van der Waals surface area (Å²) < 4.78 is 0. The van der Waals surface area contributed by atoms with E-state index in [9.17, 15) is 0 Å². The molecule has 0 amide bonds. The van der Waals surface area contributed by atoms with Gasteiger partial charge in [0.1, 0.15) is 0 Å². The van der Waals surface area contributed by atoms with Gasteiger partial charge >= 0.3 is 0 Å². The highest BCUT2D eigenvalue weighted by molar-refractivity contribution is 4.89. The van der Waals surface area contributed by atoms with Gasteiger partial charge in [-0.3, -0.25) is 0 Å². The molecule has 0 saturated heterocycles. The van der Waals surface area contributed by atoms with Crippen LogP contribution in [0.5, 0.6) is 0 Å². The molecule has 0 aliphatic heterocycles. The second-order valence-corrected chi connectivity index (χ2v) is 7.78. The lowest BCUT2D eigenvalue weighted by atomic mass is 9.68. The van der Waals surface area contributed by atoms with Gasteiger partial charge in [0.05, 0.1) is 0 Å². The van der Waals surface area contributed by atoms with Gasteiger partial charge in [-0.15, -0.1) is 0 Å². The van der Waals surface area contributed by atoms with Gasteiger partial charge in [0.25, 0.3) is 0 Å². The lowest BCUT2D eigenvalue weighted by Gasteiger charge is -2.42. The molecular formula is C18H35N. The second kappa shape index (κ2) is 7.11. The van der Waals surface area contributed by atoms with Gasteiger partial charge in [-0.25, -0.2) is 0 Å². The molecule has 2 saturated carbocycles. The Balaban J connectivity index is 1.98. The fourth-order valence-corrected chi connectivity index (χ4v) is 4.90. The number of rotatable bonds is 4. The Morgan fingerprint density at radius 1 is 0.789 bits per heavy atom. The number of nitrogens with one attached hydrogen (secondary N) is 1. The number of hydrogen-bond donors (Lipinski definition) is 1. The fourth-order valence-electron chi connectivity index (χ4n) is 4.90. The topological polar surface area (TPSA) is 12.0 Å². The Labute approximate surface area is 120 Å². The van der Waals surface area contributed by atoms with Crippen molar-refractivity contribution in [2.45, 2.75) is 78.7 Å². The van der Waals surface area contributed by atoms with E-state index in [0.29, 0.717) is 0 Å². The summed E-state index contributed by atoms with van der Waals surface area (Å²) in [6.45, 7) is 10.8. The molecule has 0 heterocycles. The molecular weight excluding hydrogens is 230 g/mol. The van der Waals surface area contributed by atoms with Crippen LogP contribution in [0.15, 0.2) is 0 Å². The summed E-state index contributed by atoms with van der Waals surface area (Å²) in [5.41, 5.74) is 0. The summed E-state index contributed by atoms with van der Waals surface area (Å²) in [7, 11) is 0. The average molecular weight is 265 g/mol. The summed E-state index contributed by atoms with van der Waals surface area (Å²) in [6.07, 6.45) is 10.3. The molecule has 112 valence electrons. The molecule has 0 aromatic heterocycles. The van der Waals surface area contributed by atoms with Gasteiger partial charge in [0.15, 0.2) is 0 Å². The van der Waals surface area contributed by atoms with Crippen molar-refractivity contribution < 1.29 is 0 Å². The predicted octanol–water partition coefficient (Wildman–Crippen LogP) is 4.86. The van der Waals surface area contributed by atoms with Gasteiger partial charge < -0.3 is 5.32 Å². The van der Waals surface area contributed by atoms with Crippen LogP contribution in [-0.4, -0.2) is 12.6 Å². The molecule has 2 aliphatic carbocycles. The molecule has 0 radical (unpaired) electrons. The van der Waals surface area contributed by atoms with Crippen molar-refractivity contribution in [1.82, 2.24) is 5.32 Å². The molecule has 2 rings (SSSR count). The third-order valence-corrected chi connectivity index (χ3v) is 5.73. The van der Waals surface area contributed by atoms with Crippen LogP contribution in [0.1, 0.15) is 72.6 Å². The first-order chi connectivity index (χ1) is 9.10. The van der Waals surface area contributed by atoms with Crippen molar-refractivity contribution >= 4 is 0 Å². The zero-order chi connectivity index (χ0) is 13.8. The minimum atomic E-state index is 0.808. The van der Waals surface area contributed by atoms with Crippen LogP contribution in [0, 0.1) is 29.6 Å². The van der Waals surface area contributed by atoms with E-state index in [0.717, 1.165) is 42.2 Å². The Morgan fingerprint density at radius 3 is 1.89 bits per heavy atom. The van der Waals surface area contributed by atoms with Crippen molar-refractivity contribution in [3.8, 4) is 0 Å². The van der Waals surface area contributed by atoms with E-state index >= 15 is 0 Å². The highest BCUT2D eigenvalue weighted by atomic mass is 14.9. The standard InChI is InChI=1S/C18H35N/c1-5-19-18(16-8-6-13(2)7-9-16)17-11-14(3)10-15(4)12-17/h13-19H,5-12H2,1-4H3. The molecule has 0 bridgehead atoms. The molecule has 3 unspecified atom stereocenters. The molecule has 2 fully saturated rings. The minimum absolute atomic E-state index is 0.808. The first kappa shape index (κ1) is 15.4. The molecule has 3 atom stereocenters. The van der Waals surface area contributed by atoms with Crippen molar-refractivity contribution in [2.24, 2.45) is 29.6 Å². The van der Waals surface area contributed by atoms with E-state index < -0.39 is 0 Å². The summed E-state index contributed by atoms with van der Waals surface area (Å²) >= 11 is 0. The summed E-state index contributed by atoms with van der Waals surface area (Å²) in [5, 5.41) is 3.88. The second-order valence-electron chi connectivity index (χ2n) is 7.78. The SMILES string of the molecule is CCNC(C1CCC(C)CC1)C1CC(C)CC(C)C1. The van der Waals surface area contributed by atoms with Crippen molar-refractivity contribution in [3.05, 3.63) is 0 Å². The highest BCUT2D eigenvalue weighted by Crippen LogP contribution is 2.40. The van der Waals surface area contributed by atoms with Crippen LogP contribution in [0.3, 0.4) is 0 Å². The van der Waals surface area contributed by atoms with Crippen LogP contribution in [0.2, 0.25) is 0 Å². The van der Waals surface area contributed by atoms with Crippen LogP contribution in [0.25, 0.3) is 0 Å². The molecule has 19 heavy (non-hydrogen) atoms. The quantitative estimate of drug-likeness (QED) is 0.765. The number of hydrogen-bond acceptors (Lipinski definition) is 1. The largest absolute Gasteiger partial charge is 0.314 e. The highest BCUT2D eigenvalue weighted by Gasteiger charge is 2.35. The van der Waals surface area contributed by atoms with E-state index in [1.165, 1.54) is 44.9 Å². The van der Waals surface area contributed by atoms with Crippen molar-refractivity contribution in [2.75, 3.05) is 6.54 Å². The fraction of sp³-hybridized carbons (Fsp3) is 1.00. The molecule has 1 N–H and O–H groups in total. The Morgan fingerprint density at radius 2 is 1.37 bits per heavy atom. The third kappa shape index (κ3) is 4.21. The monoisotopic (exact) mass is 265 g/mol. The Kier molecular flexibility index (Phi) is 5.74. The van der Waals surface area contributed by atoms with Gasteiger partial charge in [-0.05, 0) is 68.2 Å². The Hall–Kier alpha value is -0.0400. The van der Waals surface area contributed by atoms with Crippen LogP contribution >= 0.6 is 0 Å². The maximum atomic E-state index is 3.88. The normalized spacial score (nSPS) is 42.0. The molecule has 0 aromatic rings. The zero-order valence-corrected chi connectivity index (χ0v) is 13.6. The summed E-state index contributed by atoms with van der Waals surface area (Å²) in [4.78, 5) is 0. The van der Waals surface area contributed by atoms with E-state index in [1.807, 2.05) is 0 Å². The third-order valence-electron chi connectivity index (χ3n) is 5.73. The van der Waals surface area contributed by atoms with Crippen LogP contribution in [0.4, 0.5) is 0 Å². The van der Waals surface area contributed by atoms with Crippen LogP contribution in [-0.2, 0) is 0 Å². The van der Waals surface area contributed by atoms with E-state index in [-0.39, 0.29) is 0 Å². The minimum Gasteiger partial charge on any atom is -0.314 e. The maximum absolute atomic E-state index is 3.88. The van der Waals surface area contributed by atoms with Crippen molar-refractivity contribution in [3.63, 3.8) is 0 Å². The molecule has 0 spiro atoms. The molecule has 1 heteroatoms. The average Bonchev–Trinajstić information content (AvgIpc) is 2.36. The Bertz CT molecular complexity index is 244.